The number of nitrogens with zero attached hydrogens (tertiary/aromatic N) is 1. The van der Waals surface area contributed by atoms with Crippen molar-refractivity contribution >= 4 is 23.2 Å². The smallest absolute Gasteiger partial charge is 0.268 e. The predicted octanol–water partition coefficient (Wildman–Crippen LogP) is 4.20. The molecule has 0 aromatic heterocycles. The van der Waals surface area contributed by atoms with Crippen LogP contribution in [-0.4, -0.2) is 17.6 Å². The van der Waals surface area contributed by atoms with Crippen LogP contribution in [0, 0.1) is 6.92 Å². The van der Waals surface area contributed by atoms with Crippen LogP contribution in [0.4, 0.5) is 5.69 Å². The van der Waals surface area contributed by atoms with E-state index >= 15 is 0 Å². The Morgan fingerprint density at radius 3 is 2.58 bits per heavy atom. The summed E-state index contributed by atoms with van der Waals surface area (Å²) in [6.45, 7) is 4.39. The van der Waals surface area contributed by atoms with E-state index in [9.17, 15) is 9.90 Å². The zero-order valence-electron chi connectivity index (χ0n) is 13.8. The number of aryl methyl sites for hydroxylation is 1. The van der Waals surface area contributed by atoms with Gasteiger partial charge in [-0.05, 0) is 31.9 Å². The summed E-state index contributed by atoms with van der Waals surface area (Å²) in [5.74, 6) is -0.348. The van der Waals surface area contributed by atoms with Gasteiger partial charge in [0.15, 0.2) is 5.60 Å². The van der Waals surface area contributed by atoms with E-state index in [0.717, 1.165) is 5.56 Å². The van der Waals surface area contributed by atoms with Crippen molar-refractivity contribution in [3.05, 3.63) is 76.3 Å². The number of rotatable bonds is 4. The molecule has 3 rings (SSSR count). The van der Waals surface area contributed by atoms with E-state index in [4.69, 9.17) is 11.6 Å². The average Bonchev–Trinajstić information content (AvgIpc) is 2.80. The molecule has 1 N–H and O–H groups in total. The van der Waals surface area contributed by atoms with Crippen LogP contribution < -0.4 is 4.90 Å². The SMILES string of the molecule is C/C=C\CCN1C(=O)C(O)(c2ccc(C)cc2)c2cccc(Cl)c21. The number of benzene rings is 2. The van der Waals surface area contributed by atoms with Crippen LogP contribution in [0.2, 0.25) is 5.02 Å². The quantitative estimate of drug-likeness (QED) is 0.847. The number of anilines is 1. The van der Waals surface area contributed by atoms with Crippen molar-refractivity contribution in [3.8, 4) is 0 Å². The normalized spacial score (nSPS) is 20.0. The molecule has 124 valence electrons. The Morgan fingerprint density at radius 2 is 1.92 bits per heavy atom. The van der Waals surface area contributed by atoms with Gasteiger partial charge < -0.3 is 10.0 Å². The molecule has 1 atom stereocenters. The summed E-state index contributed by atoms with van der Waals surface area (Å²) in [6, 6.07) is 12.7. The van der Waals surface area contributed by atoms with Crippen molar-refractivity contribution in [2.75, 3.05) is 11.4 Å². The molecular weight excluding hydrogens is 322 g/mol. The van der Waals surface area contributed by atoms with E-state index in [1.807, 2.05) is 38.1 Å². The van der Waals surface area contributed by atoms with E-state index in [0.29, 0.717) is 34.8 Å². The summed E-state index contributed by atoms with van der Waals surface area (Å²) in [4.78, 5) is 14.7. The van der Waals surface area contributed by atoms with Crippen molar-refractivity contribution in [3.63, 3.8) is 0 Å². The van der Waals surface area contributed by atoms with Crippen LogP contribution >= 0.6 is 11.6 Å². The van der Waals surface area contributed by atoms with Gasteiger partial charge in [0.1, 0.15) is 0 Å². The molecule has 2 aromatic carbocycles. The van der Waals surface area contributed by atoms with Gasteiger partial charge in [-0.2, -0.15) is 0 Å². The summed E-state index contributed by atoms with van der Waals surface area (Å²) >= 11 is 6.36. The lowest BCUT2D eigenvalue weighted by atomic mass is 9.87. The third-order valence-corrected chi connectivity index (χ3v) is 4.73. The minimum absolute atomic E-state index is 0.348. The number of aliphatic hydroxyl groups is 1. The molecule has 0 saturated heterocycles. The van der Waals surface area contributed by atoms with E-state index in [-0.39, 0.29) is 5.91 Å². The first-order valence-corrected chi connectivity index (χ1v) is 8.39. The van der Waals surface area contributed by atoms with Gasteiger partial charge in [0.2, 0.25) is 0 Å². The number of carbonyl (C=O) groups is 1. The Bertz CT molecular complexity index is 798. The molecule has 0 aliphatic carbocycles. The van der Waals surface area contributed by atoms with Gasteiger partial charge >= 0.3 is 0 Å². The van der Waals surface area contributed by atoms with E-state index in [1.165, 1.54) is 0 Å². The molecule has 2 aromatic rings. The number of hydrogen-bond donors (Lipinski definition) is 1. The molecule has 4 heteroatoms. The molecule has 3 nitrogen and oxygen atoms in total. The Morgan fingerprint density at radius 1 is 1.21 bits per heavy atom. The van der Waals surface area contributed by atoms with Crippen molar-refractivity contribution in [2.45, 2.75) is 25.9 Å². The third-order valence-electron chi connectivity index (χ3n) is 4.43. The number of fused-ring (bicyclic) bond motifs is 1. The summed E-state index contributed by atoms with van der Waals surface area (Å²) in [6.07, 6.45) is 4.64. The van der Waals surface area contributed by atoms with Gasteiger partial charge in [-0.3, -0.25) is 4.79 Å². The lowest BCUT2D eigenvalue weighted by Crippen LogP contribution is -2.41. The fourth-order valence-electron chi connectivity index (χ4n) is 3.15. The van der Waals surface area contributed by atoms with Gasteiger partial charge in [-0.15, -0.1) is 0 Å². The van der Waals surface area contributed by atoms with Crippen molar-refractivity contribution in [2.24, 2.45) is 0 Å². The van der Waals surface area contributed by atoms with E-state index in [2.05, 4.69) is 0 Å². The molecule has 1 aliphatic rings. The molecule has 0 fully saturated rings. The van der Waals surface area contributed by atoms with Crippen LogP contribution in [-0.2, 0) is 10.4 Å². The monoisotopic (exact) mass is 341 g/mol. The minimum Gasteiger partial charge on any atom is -0.372 e. The minimum atomic E-state index is -1.69. The highest BCUT2D eigenvalue weighted by Gasteiger charge is 2.51. The second-order valence-electron chi connectivity index (χ2n) is 6.03. The van der Waals surface area contributed by atoms with Gasteiger partial charge in [0.05, 0.1) is 10.7 Å². The number of para-hydroxylation sites is 1. The summed E-state index contributed by atoms with van der Waals surface area (Å²) in [5.41, 5.74) is 1.10. The zero-order valence-corrected chi connectivity index (χ0v) is 14.5. The fourth-order valence-corrected chi connectivity index (χ4v) is 3.43. The second kappa shape index (κ2) is 6.42. The van der Waals surface area contributed by atoms with Gasteiger partial charge in [-0.25, -0.2) is 0 Å². The topological polar surface area (TPSA) is 40.5 Å². The molecular formula is C20H20ClNO2. The second-order valence-corrected chi connectivity index (χ2v) is 6.43. The lowest BCUT2D eigenvalue weighted by Gasteiger charge is -2.23. The highest BCUT2D eigenvalue weighted by Crippen LogP contribution is 2.47. The van der Waals surface area contributed by atoms with Crippen LogP contribution in [0.5, 0.6) is 0 Å². The maximum atomic E-state index is 13.1. The number of carbonyl (C=O) groups excluding carboxylic acids is 1. The van der Waals surface area contributed by atoms with Crippen molar-refractivity contribution < 1.29 is 9.90 Å². The maximum absolute atomic E-state index is 13.1. The Labute approximate surface area is 147 Å². The Balaban J connectivity index is 2.13. The number of hydrogen-bond acceptors (Lipinski definition) is 2. The largest absolute Gasteiger partial charge is 0.372 e. The van der Waals surface area contributed by atoms with Gasteiger partial charge in [0.25, 0.3) is 5.91 Å². The zero-order chi connectivity index (χ0) is 17.3. The van der Waals surface area contributed by atoms with Crippen LogP contribution in [0.15, 0.2) is 54.6 Å². The van der Waals surface area contributed by atoms with Crippen LogP contribution in [0.3, 0.4) is 0 Å². The van der Waals surface area contributed by atoms with Gasteiger partial charge in [-0.1, -0.05) is 65.7 Å². The van der Waals surface area contributed by atoms with Gasteiger partial charge in [0, 0.05) is 12.1 Å². The third kappa shape index (κ3) is 2.54. The molecule has 0 spiro atoms. The average molecular weight is 342 g/mol. The molecule has 0 radical (unpaired) electrons. The first-order valence-electron chi connectivity index (χ1n) is 8.01. The highest BCUT2D eigenvalue weighted by molar-refractivity contribution is 6.35. The number of halogens is 1. The molecule has 1 unspecified atom stereocenters. The number of amides is 1. The molecule has 0 saturated carbocycles. The molecule has 24 heavy (non-hydrogen) atoms. The number of allylic oxidation sites excluding steroid dienone is 1. The molecule has 0 bridgehead atoms. The molecule has 1 amide bonds. The van der Waals surface area contributed by atoms with Crippen LogP contribution in [0.25, 0.3) is 0 Å². The first-order chi connectivity index (χ1) is 11.5. The van der Waals surface area contributed by atoms with E-state index in [1.54, 1.807) is 35.2 Å². The van der Waals surface area contributed by atoms with Crippen molar-refractivity contribution in [1.82, 2.24) is 0 Å². The Kier molecular flexibility index (Phi) is 4.48. The fraction of sp³-hybridized carbons (Fsp3) is 0.250. The van der Waals surface area contributed by atoms with E-state index < -0.39 is 5.60 Å². The first kappa shape index (κ1) is 16.7. The summed E-state index contributed by atoms with van der Waals surface area (Å²) < 4.78 is 0. The molecule has 1 aliphatic heterocycles. The summed E-state index contributed by atoms with van der Waals surface area (Å²) in [5, 5.41) is 11.8. The standard InChI is InChI=1S/C20H20ClNO2/c1-3-4-5-13-22-18-16(7-6-8-17(18)21)20(24,19(22)23)15-11-9-14(2)10-12-15/h3-4,6-12,24H,5,13H2,1-2H3/b4-3-. The van der Waals surface area contributed by atoms with Crippen molar-refractivity contribution in [1.29, 1.82) is 0 Å². The molecule has 1 heterocycles. The van der Waals surface area contributed by atoms with Crippen LogP contribution in [0.1, 0.15) is 30.0 Å². The maximum Gasteiger partial charge on any atom is 0.268 e. The highest BCUT2D eigenvalue weighted by atomic mass is 35.5. The summed E-state index contributed by atoms with van der Waals surface area (Å²) in [7, 11) is 0. The lowest BCUT2D eigenvalue weighted by molar-refractivity contribution is -0.132. The Hall–Kier alpha value is -2.10. The predicted molar refractivity (Wildman–Crippen MR) is 97.4 cm³/mol.